The Morgan fingerprint density at radius 2 is 1.81 bits per heavy atom. The lowest BCUT2D eigenvalue weighted by atomic mass is 10.00. The molecule has 118 valence electrons. The molecular formula is C15H23NO5. The zero-order valence-electron chi connectivity index (χ0n) is 12.6. The molecular weight excluding hydrogens is 274 g/mol. The van der Waals surface area contributed by atoms with E-state index >= 15 is 0 Å². The van der Waals surface area contributed by atoms with Crippen molar-refractivity contribution >= 4 is 5.97 Å². The van der Waals surface area contributed by atoms with Gasteiger partial charge in [0.1, 0.15) is 12.1 Å². The second-order valence-electron chi connectivity index (χ2n) is 4.61. The number of nitrogens with zero attached hydrogens (tertiary/aromatic N) is 1. The maximum absolute atomic E-state index is 12.1. The number of likely N-dealkylation sites (N-methyl/N-ethyl adjacent to an activating group) is 1. The van der Waals surface area contributed by atoms with Crippen molar-refractivity contribution in [3.63, 3.8) is 0 Å². The number of carbonyl (C=O) groups excluding carboxylic acids is 1. The predicted molar refractivity (Wildman–Crippen MR) is 78.1 cm³/mol. The molecule has 6 nitrogen and oxygen atoms in total. The van der Waals surface area contributed by atoms with E-state index in [0.717, 1.165) is 0 Å². The fraction of sp³-hybridized carbons (Fsp3) is 0.533. The van der Waals surface area contributed by atoms with Gasteiger partial charge in [-0.3, -0.25) is 9.69 Å². The molecule has 0 amide bonds. The molecule has 0 aromatic heterocycles. The number of hydrogen-bond acceptors (Lipinski definition) is 6. The summed E-state index contributed by atoms with van der Waals surface area (Å²) in [7, 11) is 0. The molecule has 0 aliphatic heterocycles. The van der Waals surface area contributed by atoms with Crippen molar-refractivity contribution in [2.24, 2.45) is 0 Å². The number of aliphatic hydroxyl groups excluding tert-OH is 1. The lowest BCUT2D eigenvalue weighted by molar-refractivity contribution is -0.154. The summed E-state index contributed by atoms with van der Waals surface area (Å²) in [5.74, 6) is -1.13. The summed E-state index contributed by atoms with van der Waals surface area (Å²) in [4.78, 5) is 13.9. The number of phenols is 2. The molecule has 0 spiro atoms. The Kier molecular flexibility index (Phi) is 6.45. The van der Waals surface area contributed by atoms with Gasteiger partial charge in [0.15, 0.2) is 11.5 Å². The predicted octanol–water partition coefficient (Wildman–Crippen LogP) is 1.40. The van der Waals surface area contributed by atoms with Crippen molar-refractivity contribution in [3.05, 3.63) is 23.8 Å². The summed E-state index contributed by atoms with van der Waals surface area (Å²) in [5, 5.41) is 29.4. The second kappa shape index (κ2) is 7.85. The molecule has 1 unspecified atom stereocenters. The topological polar surface area (TPSA) is 90.2 Å². The van der Waals surface area contributed by atoms with Gasteiger partial charge >= 0.3 is 5.97 Å². The van der Waals surface area contributed by atoms with Crippen LogP contribution < -0.4 is 0 Å². The Labute approximate surface area is 124 Å². The van der Waals surface area contributed by atoms with Crippen LogP contribution in [0, 0.1) is 0 Å². The van der Waals surface area contributed by atoms with Gasteiger partial charge < -0.3 is 20.1 Å². The zero-order chi connectivity index (χ0) is 16.0. The first-order valence-corrected chi connectivity index (χ1v) is 7.06. The van der Waals surface area contributed by atoms with E-state index in [1.54, 1.807) is 11.8 Å². The number of benzene rings is 1. The number of phenolic OH excluding ortho intramolecular Hbond substituents is 2. The van der Waals surface area contributed by atoms with Gasteiger partial charge in [-0.1, -0.05) is 19.9 Å². The Balaban J connectivity index is 3.11. The van der Waals surface area contributed by atoms with Gasteiger partial charge in [0, 0.05) is 0 Å². The summed E-state index contributed by atoms with van der Waals surface area (Å²) in [6.45, 7) is 6.84. The highest BCUT2D eigenvalue weighted by Gasteiger charge is 2.33. The first-order valence-electron chi connectivity index (χ1n) is 7.06. The molecule has 3 N–H and O–H groups in total. The Morgan fingerprint density at radius 1 is 1.19 bits per heavy atom. The van der Waals surface area contributed by atoms with E-state index in [1.165, 1.54) is 18.2 Å². The van der Waals surface area contributed by atoms with Crippen molar-refractivity contribution in [2.45, 2.75) is 32.9 Å². The van der Waals surface area contributed by atoms with E-state index in [2.05, 4.69) is 0 Å². The van der Waals surface area contributed by atoms with E-state index in [1.807, 2.05) is 13.8 Å². The molecule has 0 heterocycles. The minimum atomic E-state index is -1.16. The molecule has 6 heteroatoms. The van der Waals surface area contributed by atoms with Crippen LogP contribution in [0.5, 0.6) is 11.5 Å². The first kappa shape index (κ1) is 17.3. The van der Waals surface area contributed by atoms with Crippen molar-refractivity contribution < 1.29 is 24.9 Å². The van der Waals surface area contributed by atoms with E-state index < -0.39 is 18.1 Å². The van der Waals surface area contributed by atoms with Gasteiger partial charge in [-0.05, 0) is 37.7 Å². The number of rotatable bonds is 7. The van der Waals surface area contributed by atoms with E-state index in [-0.39, 0.29) is 18.1 Å². The lowest BCUT2D eigenvalue weighted by Gasteiger charge is -2.31. The monoisotopic (exact) mass is 297 g/mol. The number of aliphatic hydroxyl groups is 1. The average molecular weight is 297 g/mol. The van der Waals surface area contributed by atoms with Crippen LogP contribution in [0.4, 0.5) is 0 Å². The number of carbonyl (C=O) groups is 1. The van der Waals surface area contributed by atoms with Crippen LogP contribution in [-0.2, 0) is 9.53 Å². The zero-order valence-corrected chi connectivity index (χ0v) is 12.6. The van der Waals surface area contributed by atoms with Gasteiger partial charge in [-0.25, -0.2) is 0 Å². The standard InChI is InChI=1S/C15H23NO5/c1-4-16(5-2)13(15(20)21-6-3)14(19)10-7-8-11(17)12(18)9-10/h7-9,13-14,17-19H,4-6H2,1-3H3/t13-,14?/m0/s1. The normalized spacial score (nSPS) is 14.0. The van der Waals surface area contributed by atoms with Crippen molar-refractivity contribution in [2.75, 3.05) is 19.7 Å². The average Bonchev–Trinajstić information content (AvgIpc) is 2.47. The molecule has 1 aromatic carbocycles. The minimum Gasteiger partial charge on any atom is -0.504 e. The van der Waals surface area contributed by atoms with E-state index in [0.29, 0.717) is 18.7 Å². The first-order chi connectivity index (χ1) is 9.96. The maximum Gasteiger partial charge on any atom is 0.326 e. The molecule has 0 aliphatic carbocycles. The molecule has 1 aromatic rings. The number of ether oxygens (including phenoxy) is 1. The molecule has 0 bridgehead atoms. The van der Waals surface area contributed by atoms with Gasteiger partial charge in [0.2, 0.25) is 0 Å². The smallest absolute Gasteiger partial charge is 0.326 e. The molecule has 0 fully saturated rings. The fourth-order valence-electron chi connectivity index (χ4n) is 2.23. The Morgan fingerprint density at radius 3 is 2.29 bits per heavy atom. The largest absolute Gasteiger partial charge is 0.504 e. The summed E-state index contributed by atoms with van der Waals surface area (Å²) in [6, 6.07) is 3.13. The van der Waals surface area contributed by atoms with Crippen LogP contribution in [0.25, 0.3) is 0 Å². The van der Waals surface area contributed by atoms with E-state index in [4.69, 9.17) is 4.74 Å². The van der Waals surface area contributed by atoms with Gasteiger partial charge in [-0.2, -0.15) is 0 Å². The minimum absolute atomic E-state index is 0.226. The highest BCUT2D eigenvalue weighted by Crippen LogP contribution is 2.30. The summed E-state index contributed by atoms with van der Waals surface area (Å²) in [5.41, 5.74) is 0.343. The Bertz CT molecular complexity index is 473. The summed E-state index contributed by atoms with van der Waals surface area (Å²) >= 11 is 0. The quantitative estimate of drug-likeness (QED) is 0.521. The second-order valence-corrected chi connectivity index (χ2v) is 4.61. The highest BCUT2D eigenvalue weighted by atomic mass is 16.5. The fourth-order valence-corrected chi connectivity index (χ4v) is 2.23. The molecule has 0 saturated heterocycles. The number of esters is 1. The molecule has 2 atom stereocenters. The molecule has 1 rings (SSSR count). The van der Waals surface area contributed by atoms with E-state index in [9.17, 15) is 20.1 Å². The van der Waals surface area contributed by atoms with Crippen LogP contribution >= 0.6 is 0 Å². The van der Waals surface area contributed by atoms with Crippen molar-refractivity contribution in [1.29, 1.82) is 0 Å². The van der Waals surface area contributed by atoms with Crippen molar-refractivity contribution in [3.8, 4) is 11.5 Å². The van der Waals surface area contributed by atoms with Crippen LogP contribution in [0.15, 0.2) is 18.2 Å². The van der Waals surface area contributed by atoms with Gasteiger partial charge in [-0.15, -0.1) is 0 Å². The third kappa shape index (κ3) is 4.09. The Hall–Kier alpha value is -1.79. The number of aromatic hydroxyl groups is 2. The molecule has 0 saturated carbocycles. The van der Waals surface area contributed by atoms with Crippen molar-refractivity contribution in [1.82, 2.24) is 4.90 Å². The molecule has 0 radical (unpaired) electrons. The van der Waals surface area contributed by atoms with Crippen LogP contribution in [0.3, 0.4) is 0 Å². The number of hydrogen-bond donors (Lipinski definition) is 3. The summed E-state index contributed by atoms with van der Waals surface area (Å²) in [6.07, 6.45) is -1.16. The summed E-state index contributed by atoms with van der Waals surface area (Å²) < 4.78 is 5.03. The van der Waals surface area contributed by atoms with Crippen LogP contribution in [0.2, 0.25) is 0 Å². The highest BCUT2D eigenvalue weighted by molar-refractivity contribution is 5.77. The van der Waals surface area contributed by atoms with Crippen LogP contribution in [0.1, 0.15) is 32.4 Å². The maximum atomic E-state index is 12.1. The third-order valence-corrected chi connectivity index (χ3v) is 3.37. The van der Waals surface area contributed by atoms with Gasteiger partial charge in [0.05, 0.1) is 6.61 Å². The lowest BCUT2D eigenvalue weighted by Crippen LogP contribution is -2.46. The molecule has 0 aliphatic rings. The van der Waals surface area contributed by atoms with Gasteiger partial charge in [0.25, 0.3) is 0 Å². The van der Waals surface area contributed by atoms with Crippen LogP contribution in [-0.4, -0.2) is 51.9 Å². The SMILES string of the molecule is CCOC(=O)[C@H](C(O)c1ccc(O)c(O)c1)N(CC)CC. The molecule has 21 heavy (non-hydrogen) atoms. The third-order valence-electron chi connectivity index (χ3n) is 3.37.